The fourth-order valence-electron chi connectivity index (χ4n) is 1.91. The summed E-state index contributed by atoms with van der Waals surface area (Å²) in [5.41, 5.74) is 1.53. The number of hydrogen-bond donors (Lipinski definition) is 0. The summed E-state index contributed by atoms with van der Waals surface area (Å²) in [7, 11) is 0. The van der Waals surface area contributed by atoms with Crippen LogP contribution in [0.3, 0.4) is 0 Å². The molecule has 110 valence electrons. The molecule has 0 saturated heterocycles. The van der Waals surface area contributed by atoms with Crippen LogP contribution in [0.1, 0.15) is 11.1 Å². The van der Waals surface area contributed by atoms with Crippen LogP contribution >= 0.6 is 34.8 Å². The van der Waals surface area contributed by atoms with Gasteiger partial charge in [0, 0.05) is 10.6 Å². The first-order valence-electron chi connectivity index (χ1n) is 6.26. The number of hydrogen-bond acceptors (Lipinski definition) is 3. The van der Waals surface area contributed by atoms with Crippen LogP contribution in [0.15, 0.2) is 53.2 Å². The van der Waals surface area contributed by atoms with Crippen molar-refractivity contribution in [3.63, 3.8) is 0 Å². The van der Waals surface area contributed by atoms with Crippen molar-refractivity contribution in [2.24, 2.45) is 4.99 Å². The summed E-state index contributed by atoms with van der Waals surface area (Å²) in [6.07, 6.45) is 1.59. The van der Waals surface area contributed by atoms with E-state index in [9.17, 15) is 4.79 Å². The molecule has 0 N–H and O–H groups in total. The molecule has 6 heteroatoms. The van der Waals surface area contributed by atoms with Crippen molar-refractivity contribution in [1.82, 2.24) is 0 Å². The van der Waals surface area contributed by atoms with Gasteiger partial charge in [-0.15, -0.1) is 0 Å². The Morgan fingerprint density at radius 1 is 1.00 bits per heavy atom. The van der Waals surface area contributed by atoms with Crippen LogP contribution in [0, 0.1) is 0 Å². The number of ether oxygens (including phenoxy) is 1. The maximum Gasteiger partial charge on any atom is 0.363 e. The molecule has 0 amide bonds. The van der Waals surface area contributed by atoms with Crippen LogP contribution in [0.25, 0.3) is 6.08 Å². The Morgan fingerprint density at radius 2 is 1.82 bits per heavy atom. The van der Waals surface area contributed by atoms with Gasteiger partial charge in [0.25, 0.3) is 0 Å². The summed E-state index contributed by atoms with van der Waals surface area (Å²) < 4.78 is 5.17. The Balaban J connectivity index is 1.95. The largest absolute Gasteiger partial charge is 0.402 e. The van der Waals surface area contributed by atoms with Crippen molar-refractivity contribution in [3.05, 3.63) is 74.4 Å². The Morgan fingerprint density at radius 3 is 2.55 bits per heavy atom. The second kappa shape index (κ2) is 6.13. The normalized spacial score (nSPS) is 15.9. The van der Waals surface area contributed by atoms with Crippen molar-refractivity contribution in [2.75, 3.05) is 0 Å². The summed E-state index contributed by atoms with van der Waals surface area (Å²) in [4.78, 5) is 16.1. The maximum absolute atomic E-state index is 11.9. The van der Waals surface area contributed by atoms with Gasteiger partial charge in [-0.05, 0) is 42.0 Å². The molecule has 0 saturated carbocycles. The third-order valence-electron chi connectivity index (χ3n) is 2.94. The zero-order valence-electron chi connectivity index (χ0n) is 11.0. The Kier molecular flexibility index (Phi) is 4.21. The Hall–Kier alpha value is -1.81. The molecule has 1 aliphatic heterocycles. The fraction of sp³-hybridized carbons (Fsp3) is 0. The smallest absolute Gasteiger partial charge is 0.363 e. The average Bonchev–Trinajstić information content (AvgIpc) is 2.84. The third-order valence-corrected chi connectivity index (χ3v) is 3.91. The van der Waals surface area contributed by atoms with Crippen molar-refractivity contribution in [1.29, 1.82) is 0 Å². The van der Waals surface area contributed by atoms with E-state index in [0.29, 0.717) is 26.2 Å². The van der Waals surface area contributed by atoms with Crippen molar-refractivity contribution in [3.8, 4) is 0 Å². The number of benzene rings is 2. The highest BCUT2D eigenvalue weighted by Gasteiger charge is 2.24. The molecule has 0 spiro atoms. The van der Waals surface area contributed by atoms with Crippen LogP contribution in [0.4, 0.5) is 0 Å². The molecular formula is C16H8Cl3NO2. The maximum atomic E-state index is 11.9. The molecule has 0 aromatic heterocycles. The number of rotatable bonds is 2. The van der Waals surface area contributed by atoms with E-state index in [2.05, 4.69) is 4.99 Å². The van der Waals surface area contributed by atoms with Gasteiger partial charge in [0.15, 0.2) is 5.70 Å². The van der Waals surface area contributed by atoms with Crippen LogP contribution in [-0.4, -0.2) is 11.9 Å². The number of esters is 1. The lowest BCUT2D eigenvalue weighted by Crippen LogP contribution is -2.05. The Bertz CT molecular complexity index is 828. The van der Waals surface area contributed by atoms with Crippen molar-refractivity contribution < 1.29 is 9.53 Å². The van der Waals surface area contributed by atoms with Crippen LogP contribution in [-0.2, 0) is 9.53 Å². The highest BCUT2D eigenvalue weighted by molar-refractivity contribution is 6.42. The standard InChI is InChI=1S/C16H8Cl3NO2/c17-11-3-1-2-10(8-11)15-20-14(16(21)22-15)7-9-4-5-12(18)13(19)6-9/h1-8H. The second-order valence-corrected chi connectivity index (χ2v) is 5.77. The zero-order chi connectivity index (χ0) is 15.7. The van der Waals surface area contributed by atoms with Crippen LogP contribution in [0.2, 0.25) is 15.1 Å². The highest BCUT2D eigenvalue weighted by Crippen LogP contribution is 2.25. The molecule has 3 rings (SSSR count). The molecule has 0 bridgehead atoms. The van der Waals surface area contributed by atoms with Crippen molar-refractivity contribution >= 4 is 52.7 Å². The van der Waals surface area contributed by atoms with Gasteiger partial charge in [-0.25, -0.2) is 9.79 Å². The van der Waals surface area contributed by atoms with E-state index in [4.69, 9.17) is 39.5 Å². The van der Waals surface area contributed by atoms with E-state index in [-0.39, 0.29) is 11.6 Å². The first-order chi connectivity index (χ1) is 10.5. The van der Waals surface area contributed by atoms with Gasteiger partial charge < -0.3 is 4.74 Å². The fourth-order valence-corrected chi connectivity index (χ4v) is 2.41. The lowest BCUT2D eigenvalue weighted by Gasteiger charge is -1.99. The molecule has 2 aromatic carbocycles. The van der Waals surface area contributed by atoms with Gasteiger partial charge in [-0.1, -0.05) is 46.9 Å². The van der Waals surface area contributed by atoms with Gasteiger partial charge >= 0.3 is 5.97 Å². The average molecular weight is 353 g/mol. The lowest BCUT2D eigenvalue weighted by molar-refractivity contribution is -0.129. The first-order valence-corrected chi connectivity index (χ1v) is 7.40. The highest BCUT2D eigenvalue weighted by atomic mass is 35.5. The summed E-state index contributed by atoms with van der Waals surface area (Å²) in [5.74, 6) is -0.306. The molecule has 0 unspecified atom stereocenters. The number of cyclic esters (lactones) is 1. The minimum atomic E-state index is -0.527. The summed E-state index contributed by atoms with van der Waals surface area (Å²) in [6, 6.07) is 12.0. The molecular weight excluding hydrogens is 345 g/mol. The molecule has 0 aliphatic carbocycles. The van der Waals surface area contributed by atoms with Gasteiger partial charge in [0.2, 0.25) is 5.90 Å². The number of halogens is 3. The number of carbonyl (C=O) groups excluding carboxylic acids is 1. The first kappa shape index (κ1) is 15.1. The predicted molar refractivity (Wildman–Crippen MR) is 88.5 cm³/mol. The molecule has 1 aliphatic rings. The quantitative estimate of drug-likeness (QED) is 0.564. The molecule has 22 heavy (non-hydrogen) atoms. The zero-order valence-corrected chi connectivity index (χ0v) is 13.3. The van der Waals surface area contributed by atoms with Gasteiger partial charge in [-0.2, -0.15) is 0 Å². The molecule has 3 nitrogen and oxygen atoms in total. The summed E-state index contributed by atoms with van der Waals surface area (Å²) in [6.45, 7) is 0. The van der Waals surface area contributed by atoms with Gasteiger partial charge in [0.05, 0.1) is 10.0 Å². The third kappa shape index (κ3) is 3.17. The molecule has 1 heterocycles. The SMILES string of the molecule is O=C1OC(c2cccc(Cl)c2)=NC1=Cc1ccc(Cl)c(Cl)c1. The van der Waals surface area contributed by atoms with E-state index in [1.807, 2.05) is 0 Å². The number of aliphatic imine (C=N–C) groups is 1. The molecule has 0 radical (unpaired) electrons. The topological polar surface area (TPSA) is 38.7 Å². The Labute approximate surface area is 141 Å². The van der Waals surface area contributed by atoms with E-state index in [0.717, 1.165) is 0 Å². The van der Waals surface area contributed by atoms with E-state index in [1.54, 1.807) is 48.5 Å². The lowest BCUT2D eigenvalue weighted by atomic mass is 10.2. The monoisotopic (exact) mass is 351 g/mol. The van der Waals surface area contributed by atoms with Crippen LogP contribution in [0.5, 0.6) is 0 Å². The minimum Gasteiger partial charge on any atom is -0.402 e. The number of nitrogens with zero attached hydrogens (tertiary/aromatic N) is 1. The van der Waals surface area contributed by atoms with Crippen LogP contribution < -0.4 is 0 Å². The molecule has 2 aromatic rings. The second-order valence-electron chi connectivity index (χ2n) is 4.52. The van der Waals surface area contributed by atoms with Gasteiger partial charge in [-0.3, -0.25) is 0 Å². The predicted octanol–water partition coefficient (Wildman–Crippen LogP) is 4.99. The minimum absolute atomic E-state index is 0.188. The van der Waals surface area contributed by atoms with Gasteiger partial charge in [0.1, 0.15) is 0 Å². The summed E-state index contributed by atoms with van der Waals surface area (Å²) >= 11 is 17.7. The molecule has 0 fully saturated rings. The van der Waals surface area contributed by atoms with E-state index >= 15 is 0 Å². The van der Waals surface area contributed by atoms with E-state index < -0.39 is 5.97 Å². The summed E-state index contributed by atoms with van der Waals surface area (Å²) in [5, 5.41) is 1.39. The van der Waals surface area contributed by atoms with E-state index in [1.165, 1.54) is 0 Å². The van der Waals surface area contributed by atoms with Crippen molar-refractivity contribution in [2.45, 2.75) is 0 Å². The number of carbonyl (C=O) groups is 1. The molecule has 0 atom stereocenters.